The molecule has 0 radical (unpaired) electrons. The zero-order valence-electron chi connectivity index (χ0n) is 14.2. The number of benzene rings is 2. The lowest BCUT2D eigenvalue weighted by molar-refractivity contribution is -0.139. The van der Waals surface area contributed by atoms with Crippen LogP contribution in [0, 0.1) is 0 Å². The molecule has 1 aliphatic carbocycles. The molecule has 25 heavy (non-hydrogen) atoms. The highest BCUT2D eigenvalue weighted by Gasteiger charge is 2.18. The van der Waals surface area contributed by atoms with Crippen LogP contribution in [0.3, 0.4) is 0 Å². The van der Waals surface area contributed by atoms with Crippen molar-refractivity contribution in [1.82, 2.24) is 0 Å². The summed E-state index contributed by atoms with van der Waals surface area (Å²) in [5, 5.41) is 1.74. The fourth-order valence-corrected chi connectivity index (χ4v) is 2.83. The maximum Gasteiger partial charge on any atom is 0.303 e. The van der Waals surface area contributed by atoms with Crippen LogP contribution in [0.1, 0.15) is 30.1 Å². The van der Waals surface area contributed by atoms with Crippen LogP contribution >= 0.6 is 0 Å². The number of ketones is 1. The number of carbonyl (C=O) groups excluding carboxylic acids is 2. The summed E-state index contributed by atoms with van der Waals surface area (Å²) in [5.41, 5.74) is 1.55. The Bertz CT molecular complexity index is 861. The maximum absolute atomic E-state index is 12.6. The van der Waals surface area contributed by atoms with E-state index in [1.807, 2.05) is 36.4 Å². The predicted octanol–water partition coefficient (Wildman–Crippen LogP) is 4.24. The molecule has 0 saturated heterocycles. The van der Waals surface area contributed by atoms with Gasteiger partial charge in [0.05, 0.1) is 5.56 Å². The van der Waals surface area contributed by atoms with Crippen molar-refractivity contribution in [2.45, 2.75) is 19.8 Å². The number of Topliss-reactive ketones (excluding diaryl/α,β-unsaturated/α-hetero) is 1. The molecule has 0 amide bonds. The third kappa shape index (κ3) is 4.15. The van der Waals surface area contributed by atoms with Crippen molar-refractivity contribution < 1.29 is 19.1 Å². The van der Waals surface area contributed by atoms with Crippen LogP contribution in [0.5, 0.6) is 5.75 Å². The molecule has 0 aliphatic heterocycles. The average molecular weight is 336 g/mol. The fourth-order valence-electron chi connectivity index (χ4n) is 2.83. The highest BCUT2D eigenvalue weighted by atomic mass is 16.5. The van der Waals surface area contributed by atoms with Gasteiger partial charge in [0.15, 0.2) is 6.61 Å². The van der Waals surface area contributed by atoms with Crippen molar-refractivity contribution in [2.75, 3.05) is 13.2 Å². The molecule has 0 atom stereocenters. The van der Waals surface area contributed by atoms with Gasteiger partial charge >= 0.3 is 5.97 Å². The first kappa shape index (κ1) is 17.0. The quantitative estimate of drug-likeness (QED) is 0.585. The number of hydrogen-bond acceptors (Lipinski definition) is 4. The van der Waals surface area contributed by atoms with Crippen molar-refractivity contribution >= 4 is 22.5 Å². The lowest BCUT2D eigenvalue weighted by Crippen LogP contribution is -2.14. The molecular formula is C21H20O4. The minimum Gasteiger partial charge on any atom is -0.488 e. The van der Waals surface area contributed by atoms with Gasteiger partial charge in [-0.05, 0) is 35.3 Å². The molecule has 0 N–H and O–H groups in total. The Morgan fingerprint density at radius 2 is 1.92 bits per heavy atom. The van der Waals surface area contributed by atoms with E-state index in [0.717, 1.165) is 29.2 Å². The second-order valence-corrected chi connectivity index (χ2v) is 5.91. The molecule has 128 valence electrons. The summed E-state index contributed by atoms with van der Waals surface area (Å²) < 4.78 is 10.8. The van der Waals surface area contributed by atoms with E-state index < -0.39 is 5.97 Å². The zero-order chi connectivity index (χ0) is 17.6. The van der Waals surface area contributed by atoms with E-state index in [2.05, 4.69) is 12.2 Å². The van der Waals surface area contributed by atoms with Gasteiger partial charge in [0.1, 0.15) is 12.4 Å². The number of rotatable bonds is 6. The van der Waals surface area contributed by atoms with Crippen LogP contribution < -0.4 is 4.74 Å². The molecule has 0 bridgehead atoms. The molecule has 1 aliphatic rings. The maximum atomic E-state index is 12.6. The lowest BCUT2D eigenvalue weighted by Gasteiger charge is -2.15. The lowest BCUT2D eigenvalue weighted by atomic mass is 10.0. The first-order valence-corrected chi connectivity index (χ1v) is 8.32. The summed E-state index contributed by atoms with van der Waals surface area (Å²) in [4.78, 5) is 23.7. The summed E-state index contributed by atoms with van der Waals surface area (Å²) in [7, 11) is 0. The van der Waals surface area contributed by atoms with Crippen LogP contribution in [-0.2, 0) is 9.53 Å². The number of esters is 1. The number of fused-ring (bicyclic) bond motifs is 1. The predicted molar refractivity (Wildman–Crippen MR) is 96.9 cm³/mol. The Kier molecular flexibility index (Phi) is 5.29. The minimum absolute atomic E-state index is 0.268. The smallest absolute Gasteiger partial charge is 0.303 e. The number of ether oxygens (including phenoxy) is 2. The molecule has 0 spiro atoms. The highest BCUT2D eigenvalue weighted by Crippen LogP contribution is 2.29. The Hall–Kier alpha value is -2.88. The molecule has 0 saturated carbocycles. The Morgan fingerprint density at radius 1 is 1.08 bits per heavy atom. The molecule has 2 aromatic carbocycles. The van der Waals surface area contributed by atoms with Crippen molar-refractivity contribution in [2.24, 2.45) is 0 Å². The van der Waals surface area contributed by atoms with Gasteiger partial charge in [-0.3, -0.25) is 9.59 Å². The molecule has 3 rings (SSSR count). The van der Waals surface area contributed by atoms with Gasteiger partial charge in [-0.15, -0.1) is 0 Å². The average Bonchev–Trinajstić information content (AvgIpc) is 2.64. The number of carbonyl (C=O) groups is 2. The van der Waals surface area contributed by atoms with Crippen LogP contribution in [0.15, 0.2) is 60.2 Å². The Labute approximate surface area is 146 Å². The molecule has 0 unspecified atom stereocenters. The van der Waals surface area contributed by atoms with Crippen LogP contribution in [0.2, 0.25) is 0 Å². The molecule has 2 aromatic rings. The monoisotopic (exact) mass is 336 g/mol. The van der Waals surface area contributed by atoms with Crippen molar-refractivity contribution in [1.29, 1.82) is 0 Å². The van der Waals surface area contributed by atoms with Gasteiger partial charge in [0, 0.05) is 6.92 Å². The van der Waals surface area contributed by atoms with Gasteiger partial charge in [0.2, 0.25) is 5.78 Å². The molecular weight excluding hydrogens is 316 g/mol. The van der Waals surface area contributed by atoms with Crippen LogP contribution in [0.4, 0.5) is 0 Å². The van der Waals surface area contributed by atoms with Crippen LogP contribution in [-0.4, -0.2) is 25.0 Å². The second-order valence-electron chi connectivity index (χ2n) is 5.91. The van der Waals surface area contributed by atoms with Gasteiger partial charge < -0.3 is 9.47 Å². The van der Waals surface area contributed by atoms with E-state index in [1.54, 1.807) is 6.07 Å². The molecule has 0 heterocycles. The normalized spacial score (nSPS) is 13.4. The SMILES string of the molecule is CC(=O)OCC(=O)c1c(OCC2=CCCC=C2)ccc2ccccc12. The Balaban J connectivity index is 1.91. The van der Waals surface area contributed by atoms with E-state index in [4.69, 9.17) is 9.47 Å². The number of allylic oxidation sites excluding steroid dienone is 2. The first-order chi connectivity index (χ1) is 12.1. The summed E-state index contributed by atoms with van der Waals surface area (Å²) in [5.74, 6) is -0.237. The highest BCUT2D eigenvalue weighted by molar-refractivity contribution is 6.11. The summed E-state index contributed by atoms with van der Waals surface area (Å²) in [6, 6.07) is 11.3. The molecule has 0 aromatic heterocycles. The zero-order valence-corrected chi connectivity index (χ0v) is 14.2. The van der Waals surface area contributed by atoms with E-state index in [0.29, 0.717) is 17.9 Å². The second kappa shape index (κ2) is 7.79. The fraction of sp³-hybridized carbons (Fsp3) is 0.238. The van der Waals surface area contributed by atoms with E-state index in [9.17, 15) is 9.59 Å². The third-order valence-electron chi connectivity index (χ3n) is 4.04. The van der Waals surface area contributed by atoms with Crippen molar-refractivity contribution in [3.8, 4) is 5.75 Å². The van der Waals surface area contributed by atoms with Crippen molar-refractivity contribution in [3.63, 3.8) is 0 Å². The van der Waals surface area contributed by atoms with Gasteiger partial charge in [0.25, 0.3) is 0 Å². The third-order valence-corrected chi connectivity index (χ3v) is 4.04. The largest absolute Gasteiger partial charge is 0.488 e. The minimum atomic E-state index is -0.478. The molecule has 0 fully saturated rings. The topological polar surface area (TPSA) is 52.6 Å². The number of hydrogen-bond donors (Lipinski definition) is 0. The van der Waals surface area contributed by atoms with E-state index >= 15 is 0 Å². The summed E-state index contributed by atoms with van der Waals surface area (Å²) >= 11 is 0. The summed E-state index contributed by atoms with van der Waals surface area (Å²) in [6.07, 6.45) is 8.36. The van der Waals surface area contributed by atoms with Gasteiger partial charge in [-0.25, -0.2) is 0 Å². The van der Waals surface area contributed by atoms with E-state index in [-0.39, 0.29) is 12.4 Å². The van der Waals surface area contributed by atoms with Crippen molar-refractivity contribution in [3.05, 3.63) is 65.8 Å². The van der Waals surface area contributed by atoms with Gasteiger partial charge in [-0.1, -0.05) is 48.6 Å². The van der Waals surface area contributed by atoms with Gasteiger partial charge in [-0.2, -0.15) is 0 Å². The standard InChI is InChI=1S/C21H20O4/c1-15(22)24-14-19(23)21-18-10-6-5-9-17(18)11-12-20(21)25-13-16-7-3-2-4-8-16/h3,5-12H,2,4,13-14H2,1H3. The van der Waals surface area contributed by atoms with E-state index in [1.165, 1.54) is 6.92 Å². The molecule has 4 heteroatoms. The molecule has 4 nitrogen and oxygen atoms in total. The van der Waals surface area contributed by atoms with Crippen LogP contribution in [0.25, 0.3) is 10.8 Å². The Morgan fingerprint density at radius 3 is 2.68 bits per heavy atom. The summed E-state index contributed by atoms with van der Waals surface area (Å²) in [6.45, 7) is 1.40. The first-order valence-electron chi connectivity index (χ1n) is 8.32.